The molecule has 6 atom stereocenters. The number of hydrogen-bond acceptors (Lipinski definition) is 18. The van der Waals surface area contributed by atoms with Gasteiger partial charge < -0.3 is 65.1 Å². The number of amides is 3. The number of fused-ring (bicyclic) bond motifs is 5. The first-order chi connectivity index (χ1) is 41.1. The van der Waals surface area contributed by atoms with Gasteiger partial charge in [-0.3, -0.25) is 18.7 Å². The predicted molar refractivity (Wildman–Crippen MR) is 328 cm³/mol. The number of benzene rings is 3. The molecule has 3 amide bonds. The van der Waals surface area contributed by atoms with E-state index in [1.165, 1.54) is 9.47 Å². The second kappa shape index (κ2) is 25.3. The largest absolute Gasteiger partial charge is 0.490 e. The molecule has 4 aliphatic rings. The van der Waals surface area contributed by atoms with Crippen LogP contribution in [0.25, 0.3) is 27.9 Å². The molecule has 2 unspecified atom stereocenters. The third kappa shape index (κ3) is 13.4. The first-order valence-corrected chi connectivity index (χ1v) is 33.4. The molecule has 0 saturated carbocycles. The number of carbonyl (C=O) groups is 3. The summed E-state index contributed by atoms with van der Waals surface area (Å²) in [5.74, 6) is -0.0545. The fourth-order valence-corrected chi connectivity index (χ4v) is 15.7. The SMILES string of the molecule is CCN1c2cc3c(cc2C(C)=CC1(C)C)C(c1c(Cl)c(Cl)c(Cl)c(Cl)c1C(=O)N(C)CCCC(=O)NCCNC(=O)O[C@@H]1[C@H](O)[C@@H](COP(=O)(O)OP(=O)(O)OP(=O)(O)O)O[C@H]1n1cnc2c(N)ncnc21)=c1cc2c(cc1O3)=[N+](CC)C(C)(C)C=C2C. The van der Waals surface area contributed by atoms with E-state index in [0.29, 0.717) is 40.9 Å². The molecule has 9 N–H and O–H groups in total. The van der Waals surface area contributed by atoms with Crippen molar-refractivity contribution < 1.29 is 80.1 Å². The topological polar surface area (TPSA) is 362 Å². The molecule has 6 heterocycles. The Bertz CT molecular complexity index is 4070. The average molecular weight is 1360 g/mol. The fraction of sp³-hybridized carbons (Fsp3) is 0.426. The lowest BCUT2D eigenvalue weighted by Gasteiger charge is -2.43. The predicted octanol–water partition coefficient (Wildman–Crippen LogP) is 7.47. The Morgan fingerprint density at radius 3 is 2.22 bits per heavy atom. The van der Waals surface area contributed by atoms with Gasteiger partial charge in [0, 0.05) is 98.3 Å². The third-order valence-corrected chi connectivity index (χ3v) is 20.9. The Kier molecular flexibility index (Phi) is 19.2. The number of nitrogens with zero attached hydrogens (tertiary/aromatic N) is 7. The highest BCUT2D eigenvalue weighted by Gasteiger charge is 2.50. The molecule has 2 aromatic heterocycles. The van der Waals surface area contributed by atoms with Gasteiger partial charge in [0.1, 0.15) is 42.1 Å². The number of likely N-dealkylation sites (N-methyl/N-ethyl adjacent to an activating group) is 2. The lowest BCUT2D eigenvalue weighted by Crippen LogP contribution is -2.49. The van der Waals surface area contributed by atoms with Gasteiger partial charge in [0.05, 0.1) is 50.2 Å². The van der Waals surface area contributed by atoms with Crippen molar-refractivity contribution in [3.8, 4) is 11.5 Å². The van der Waals surface area contributed by atoms with Gasteiger partial charge >= 0.3 is 29.6 Å². The Morgan fingerprint density at radius 1 is 0.852 bits per heavy atom. The van der Waals surface area contributed by atoms with Crippen LogP contribution in [0.2, 0.25) is 20.1 Å². The van der Waals surface area contributed by atoms with Gasteiger partial charge in [0.25, 0.3) is 5.91 Å². The molecule has 0 spiro atoms. The highest BCUT2D eigenvalue weighted by molar-refractivity contribution is 7.66. The van der Waals surface area contributed by atoms with Crippen LogP contribution in [-0.2, 0) is 41.1 Å². The number of ether oxygens (including phenoxy) is 3. The molecule has 9 rings (SSSR count). The number of aromatic nitrogens is 4. The standard InChI is InChI=1S/C54H63Cl4N10O17P3/c1-10-67-32-19-34-30(17-28(32)26(3)21-53(67,5)6)38(31-18-29-27(4)22-54(7,8)68(11-2)33(29)20-35(31)81-34)39-40(42(56)44(58)43(57)41(39)55)50(71)65(9)16-12-13-37(69)60-14-15-61-52(72)83-47-46(70)36(23-80-87(76,77)85-88(78,79)84-86(73,74)75)82-51(47)66-25-64-45-48(59)62-24-63-49(45)66/h17-22,24-25,36,46-47,51,70H,10-16,23H2,1-9H3,(H7-,59,60,61,62,63,69,72,73,74,75,76,77,78,79)/p+1/t36-,46-,47-,51-/m1/s1. The van der Waals surface area contributed by atoms with Crippen molar-refractivity contribution in [1.82, 2.24) is 39.6 Å². The molecule has 4 aliphatic heterocycles. The van der Waals surface area contributed by atoms with Crippen LogP contribution in [-0.4, -0.2) is 143 Å². The number of phosphoric ester groups is 1. The van der Waals surface area contributed by atoms with Crippen molar-refractivity contribution in [1.29, 1.82) is 0 Å². The van der Waals surface area contributed by atoms with E-state index in [1.807, 2.05) is 12.1 Å². The summed E-state index contributed by atoms with van der Waals surface area (Å²) in [5, 5.41) is 17.7. The minimum Gasteiger partial charge on any atom is -0.456 e. The maximum Gasteiger partial charge on any atom is 0.490 e. The highest BCUT2D eigenvalue weighted by Crippen LogP contribution is 2.66. The molecule has 0 aliphatic carbocycles. The fourth-order valence-electron chi connectivity index (χ4n) is 11.6. The molecule has 1 fully saturated rings. The number of hydrogen-bond donors (Lipinski definition) is 8. The smallest absolute Gasteiger partial charge is 0.456 e. The molecule has 1 saturated heterocycles. The van der Waals surface area contributed by atoms with Crippen molar-refractivity contribution in [2.45, 2.75) is 104 Å². The van der Waals surface area contributed by atoms with Crippen LogP contribution in [0, 0.1) is 0 Å². The van der Waals surface area contributed by atoms with Crippen LogP contribution < -0.4 is 41.2 Å². The molecular weight excluding hydrogens is 1300 g/mol. The Morgan fingerprint density at radius 2 is 1.53 bits per heavy atom. The maximum atomic E-state index is 15.1. The van der Waals surface area contributed by atoms with Crippen LogP contribution in [0.15, 0.2) is 49.1 Å². The number of aliphatic hydroxyl groups is 1. The van der Waals surface area contributed by atoms with E-state index in [9.17, 15) is 38.2 Å². The molecule has 0 bridgehead atoms. The van der Waals surface area contributed by atoms with Crippen LogP contribution in [0.3, 0.4) is 0 Å². The van der Waals surface area contributed by atoms with E-state index in [-0.39, 0.29) is 91.8 Å². The summed E-state index contributed by atoms with van der Waals surface area (Å²) >= 11 is 28.3. The summed E-state index contributed by atoms with van der Waals surface area (Å²) in [6.07, 6.45) is -1.18. The number of allylic oxidation sites excluding steroid dienone is 2. The first-order valence-electron chi connectivity index (χ1n) is 27.3. The van der Waals surface area contributed by atoms with Crippen LogP contribution in [0.1, 0.15) is 107 Å². The van der Waals surface area contributed by atoms with Gasteiger partial charge in [-0.15, -0.1) is 0 Å². The van der Waals surface area contributed by atoms with Crippen molar-refractivity contribution in [2.24, 2.45) is 0 Å². The number of aliphatic hydroxyl groups excluding tert-OH is 1. The molecule has 474 valence electrons. The number of nitrogens with two attached hydrogens (primary N) is 1. The molecule has 34 heteroatoms. The van der Waals surface area contributed by atoms with Crippen molar-refractivity contribution in [3.05, 3.63) is 108 Å². The number of nitrogen functional groups attached to an aromatic ring is 1. The van der Waals surface area contributed by atoms with Gasteiger partial charge in [-0.2, -0.15) is 8.62 Å². The van der Waals surface area contributed by atoms with Gasteiger partial charge in [-0.25, -0.2) is 38.0 Å². The number of phosphoric acid groups is 3. The maximum absolute atomic E-state index is 15.1. The lowest BCUT2D eigenvalue weighted by atomic mass is 9.83. The highest BCUT2D eigenvalue weighted by atomic mass is 35.5. The molecule has 3 aromatic carbocycles. The second-order valence-corrected chi connectivity index (χ2v) is 28.1. The summed E-state index contributed by atoms with van der Waals surface area (Å²) in [7, 11) is -15.7. The van der Waals surface area contributed by atoms with E-state index in [0.717, 1.165) is 46.0 Å². The van der Waals surface area contributed by atoms with E-state index >= 15 is 4.79 Å². The number of alkyl carbamates (subject to hydrolysis) is 1. The van der Waals surface area contributed by atoms with E-state index in [4.69, 9.17) is 76.1 Å². The number of anilines is 2. The average Bonchev–Trinajstić information content (AvgIpc) is 0.997. The van der Waals surface area contributed by atoms with Crippen LogP contribution in [0.4, 0.5) is 16.3 Å². The second-order valence-electron chi connectivity index (χ2n) is 22.2. The van der Waals surface area contributed by atoms with Gasteiger partial charge in [-0.05, 0) is 77.3 Å². The molecule has 27 nitrogen and oxygen atoms in total. The number of carbonyl (C=O) groups excluding carboxylic acids is 3. The van der Waals surface area contributed by atoms with Crippen LogP contribution >= 0.6 is 69.9 Å². The monoisotopic (exact) mass is 1360 g/mol. The first kappa shape index (κ1) is 66.9. The molecular formula is C54H64Cl4N10O17P3+. The van der Waals surface area contributed by atoms with E-state index < -0.39 is 72.5 Å². The van der Waals surface area contributed by atoms with Gasteiger partial charge in [-0.1, -0.05) is 52.5 Å². The van der Waals surface area contributed by atoms with Gasteiger partial charge in [0.2, 0.25) is 11.3 Å². The Labute approximate surface area is 524 Å². The summed E-state index contributed by atoms with van der Waals surface area (Å²) in [4.78, 5) is 94.8. The lowest BCUT2D eigenvalue weighted by molar-refractivity contribution is -0.121. The summed E-state index contributed by atoms with van der Waals surface area (Å²) in [6, 6.07) is 8.16. The zero-order valence-electron chi connectivity index (χ0n) is 48.8. The third-order valence-electron chi connectivity index (χ3n) is 15.3. The number of nitrogens with one attached hydrogen (secondary N) is 2. The van der Waals surface area contributed by atoms with Crippen molar-refractivity contribution in [3.63, 3.8) is 0 Å². The Balaban J connectivity index is 0.905. The van der Waals surface area contributed by atoms with E-state index in [2.05, 4.69) is 128 Å². The van der Waals surface area contributed by atoms with Gasteiger partial charge in [0.15, 0.2) is 29.3 Å². The number of halogens is 4. The Hall–Kier alpha value is -5.54. The summed E-state index contributed by atoms with van der Waals surface area (Å²) < 4.78 is 69.5. The van der Waals surface area contributed by atoms with E-state index in [1.54, 1.807) is 7.05 Å². The summed E-state index contributed by atoms with van der Waals surface area (Å²) in [6.45, 7) is 16.9. The molecule has 0 radical (unpaired) electrons. The zero-order valence-corrected chi connectivity index (χ0v) is 54.5. The number of rotatable bonds is 20. The zero-order chi connectivity index (χ0) is 64.5. The molecule has 5 aromatic rings. The van der Waals surface area contributed by atoms with Crippen molar-refractivity contribution in [2.75, 3.05) is 57.0 Å². The molecule has 88 heavy (non-hydrogen) atoms. The minimum absolute atomic E-state index is 0.0157. The quantitative estimate of drug-likeness (QED) is 0.0121. The normalized spacial score (nSPS) is 20.5. The number of imidazole rings is 1. The summed E-state index contributed by atoms with van der Waals surface area (Å²) in [5.41, 5.74) is 11.7. The van der Waals surface area contributed by atoms with Crippen LogP contribution in [0.5, 0.6) is 11.5 Å². The van der Waals surface area contributed by atoms with Crippen molar-refractivity contribution >= 4 is 127 Å². The minimum atomic E-state index is -5.90.